The van der Waals surface area contributed by atoms with Crippen LogP contribution in [0.1, 0.15) is 45.6 Å². The fourth-order valence-corrected chi connectivity index (χ4v) is 6.15. The van der Waals surface area contributed by atoms with Crippen LogP contribution in [0.2, 0.25) is 5.02 Å². The fraction of sp³-hybridized carbons (Fsp3) is 0.355. The normalized spacial score (nSPS) is 11.9. The van der Waals surface area contributed by atoms with Crippen LogP contribution < -0.4 is 14.4 Å². The summed E-state index contributed by atoms with van der Waals surface area (Å²) in [6.07, 6.45) is 2.07. The average molecular weight is 679 g/mol. The Morgan fingerprint density at radius 1 is 0.952 bits per heavy atom. The zero-order valence-corrected chi connectivity index (χ0v) is 27.2. The van der Waals surface area contributed by atoms with Crippen LogP contribution in [0, 0.1) is 0 Å². The second-order valence-electron chi connectivity index (χ2n) is 9.61. The number of hydrogen-bond acceptors (Lipinski definition) is 5. The summed E-state index contributed by atoms with van der Waals surface area (Å²) in [4.78, 5) is 28.9. The first-order chi connectivity index (χ1) is 20.1. The second kappa shape index (κ2) is 16.0. The first-order valence-electron chi connectivity index (χ1n) is 13.9. The van der Waals surface area contributed by atoms with Gasteiger partial charge in [-0.1, -0.05) is 59.9 Å². The number of unbranched alkanes of at least 4 members (excludes halogenated alkanes) is 1. The molecule has 3 aromatic rings. The predicted molar refractivity (Wildman–Crippen MR) is 170 cm³/mol. The molecule has 3 aromatic carbocycles. The van der Waals surface area contributed by atoms with E-state index in [0.717, 1.165) is 27.2 Å². The predicted octanol–water partition coefficient (Wildman–Crippen LogP) is 6.42. The van der Waals surface area contributed by atoms with Crippen LogP contribution >= 0.6 is 27.5 Å². The van der Waals surface area contributed by atoms with Gasteiger partial charge in [-0.25, -0.2) is 8.42 Å². The van der Waals surface area contributed by atoms with Crippen LogP contribution in [0.25, 0.3) is 0 Å². The summed E-state index contributed by atoms with van der Waals surface area (Å²) in [6.45, 7) is 6.25. The van der Waals surface area contributed by atoms with Crippen LogP contribution in [-0.2, 0) is 26.2 Å². The lowest BCUT2D eigenvalue weighted by Crippen LogP contribution is -2.52. The summed E-state index contributed by atoms with van der Waals surface area (Å²) >= 11 is 9.42. The van der Waals surface area contributed by atoms with Crippen molar-refractivity contribution < 1.29 is 22.7 Å². The van der Waals surface area contributed by atoms with Gasteiger partial charge < -0.3 is 15.0 Å². The first kappa shape index (κ1) is 33.4. The standard InChI is InChI=1S/C31H37BrClN3O5S/c1-4-7-20-34-31(38)29(5-2)35(21-23-8-12-25(33)13-9-23)30(37)22-36(26-14-16-27(17-15-26)41-6-3)42(39,40)28-18-10-24(32)11-19-28/h8-19,29H,4-7,20-22H2,1-3H3,(H,34,38)/t29-/m0/s1. The van der Waals surface area contributed by atoms with Crippen molar-refractivity contribution in [3.8, 4) is 5.75 Å². The number of rotatable bonds is 15. The highest BCUT2D eigenvalue weighted by Crippen LogP contribution is 2.28. The topological polar surface area (TPSA) is 96.0 Å². The molecule has 0 bridgehead atoms. The molecule has 0 radical (unpaired) electrons. The Morgan fingerprint density at radius 3 is 2.17 bits per heavy atom. The van der Waals surface area contributed by atoms with E-state index in [4.69, 9.17) is 16.3 Å². The SMILES string of the molecule is CCCCNC(=O)[C@H](CC)N(Cc1ccc(Cl)cc1)C(=O)CN(c1ccc(OCC)cc1)S(=O)(=O)c1ccc(Br)cc1. The number of hydrogen-bond donors (Lipinski definition) is 1. The number of amides is 2. The van der Waals surface area contributed by atoms with Gasteiger partial charge in [0.1, 0.15) is 18.3 Å². The molecule has 0 aliphatic rings. The number of nitrogens with zero attached hydrogens (tertiary/aromatic N) is 2. The summed E-state index contributed by atoms with van der Waals surface area (Å²) in [5, 5.41) is 3.47. The molecule has 42 heavy (non-hydrogen) atoms. The van der Waals surface area contributed by atoms with Crippen LogP contribution in [0.15, 0.2) is 82.2 Å². The number of halogens is 2. The van der Waals surface area contributed by atoms with E-state index in [1.54, 1.807) is 60.7 Å². The van der Waals surface area contributed by atoms with Crippen molar-refractivity contribution in [2.75, 3.05) is 24.0 Å². The number of nitrogens with one attached hydrogen (secondary N) is 1. The van der Waals surface area contributed by atoms with Gasteiger partial charge in [0.05, 0.1) is 17.2 Å². The van der Waals surface area contributed by atoms with Crippen molar-refractivity contribution in [1.82, 2.24) is 10.2 Å². The number of carbonyl (C=O) groups excluding carboxylic acids is 2. The highest BCUT2D eigenvalue weighted by Gasteiger charge is 2.33. The van der Waals surface area contributed by atoms with Gasteiger partial charge in [-0.05, 0) is 86.0 Å². The van der Waals surface area contributed by atoms with Crippen LogP contribution in [0.5, 0.6) is 5.75 Å². The van der Waals surface area contributed by atoms with E-state index >= 15 is 0 Å². The molecule has 0 saturated heterocycles. The molecule has 0 aromatic heterocycles. The van der Waals surface area contributed by atoms with Gasteiger partial charge in [0, 0.05) is 22.6 Å². The third-order valence-corrected chi connectivity index (χ3v) is 9.17. The molecule has 0 saturated carbocycles. The molecule has 8 nitrogen and oxygen atoms in total. The highest BCUT2D eigenvalue weighted by molar-refractivity contribution is 9.10. The van der Waals surface area contributed by atoms with E-state index in [2.05, 4.69) is 21.2 Å². The van der Waals surface area contributed by atoms with Crippen LogP contribution in [0.4, 0.5) is 5.69 Å². The zero-order chi connectivity index (χ0) is 30.7. The van der Waals surface area contributed by atoms with Crippen molar-refractivity contribution in [2.45, 2.75) is 57.5 Å². The molecular formula is C31H37BrClN3O5S. The summed E-state index contributed by atoms with van der Waals surface area (Å²) in [5.41, 5.74) is 1.05. The summed E-state index contributed by atoms with van der Waals surface area (Å²) < 4.78 is 35.3. The van der Waals surface area contributed by atoms with E-state index in [-0.39, 0.29) is 17.3 Å². The third-order valence-electron chi connectivity index (χ3n) is 6.60. The molecule has 11 heteroatoms. The number of anilines is 1. The maximum absolute atomic E-state index is 14.1. The Hall–Kier alpha value is -3.08. The highest BCUT2D eigenvalue weighted by atomic mass is 79.9. The number of carbonyl (C=O) groups is 2. The van der Waals surface area contributed by atoms with Gasteiger partial charge in [0.25, 0.3) is 10.0 Å². The quantitative estimate of drug-likeness (QED) is 0.187. The van der Waals surface area contributed by atoms with Crippen LogP contribution in [0.3, 0.4) is 0 Å². The number of sulfonamides is 1. The maximum atomic E-state index is 14.1. The molecule has 1 N–H and O–H groups in total. The third kappa shape index (κ3) is 8.96. The smallest absolute Gasteiger partial charge is 0.264 e. The Bertz CT molecular complexity index is 1420. The second-order valence-corrected chi connectivity index (χ2v) is 12.8. The Labute approximate surface area is 262 Å². The largest absolute Gasteiger partial charge is 0.494 e. The minimum atomic E-state index is -4.17. The molecule has 0 fully saturated rings. The molecular weight excluding hydrogens is 642 g/mol. The van der Waals surface area contributed by atoms with Crippen molar-refractivity contribution in [1.29, 1.82) is 0 Å². The molecule has 3 rings (SSSR count). The Kier molecular flexibility index (Phi) is 12.7. The molecule has 0 aliphatic carbocycles. The van der Waals surface area contributed by atoms with E-state index in [0.29, 0.717) is 36.0 Å². The Balaban J connectivity index is 2.03. The van der Waals surface area contributed by atoms with E-state index in [1.807, 2.05) is 20.8 Å². The van der Waals surface area contributed by atoms with E-state index in [9.17, 15) is 18.0 Å². The lowest BCUT2D eigenvalue weighted by Gasteiger charge is -2.33. The molecule has 0 aliphatic heterocycles. The van der Waals surface area contributed by atoms with Gasteiger partial charge >= 0.3 is 0 Å². The summed E-state index contributed by atoms with van der Waals surface area (Å²) in [5.74, 6) is -0.221. The Morgan fingerprint density at radius 2 is 1.60 bits per heavy atom. The van der Waals surface area contributed by atoms with Gasteiger partial charge in [-0.15, -0.1) is 0 Å². The monoisotopic (exact) mass is 677 g/mol. The van der Waals surface area contributed by atoms with Gasteiger partial charge in [0.15, 0.2) is 0 Å². The summed E-state index contributed by atoms with van der Waals surface area (Å²) in [7, 11) is -4.17. The fourth-order valence-electron chi connectivity index (χ4n) is 4.35. The van der Waals surface area contributed by atoms with Crippen molar-refractivity contribution in [3.63, 3.8) is 0 Å². The lowest BCUT2D eigenvalue weighted by molar-refractivity contribution is -0.140. The van der Waals surface area contributed by atoms with Gasteiger partial charge in [-0.2, -0.15) is 0 Å². The minimum Gasteiger partial charge on any atom is -0.494 e. The van der Waals surface area contributed by atoms with E-state index < -0.39 is 28.5 Å². The van der Waals surface area contributed by atoms with Crippen LogP contribution in [-0.4, -0.2) is 50.9 Å². The number of benzene rings is 3. The van der Waals surface area contributed by atoms with Gasteiger partial charge in [-0.3, -0.25) is 13.9 Å². The van der Waals surface area contributed by atoms with Crippen molar-refractivity contribution >= 4 is 55.1 Å². The molecule has 0 heterocycles. The lowest BCUT2D eigenvalue weighted by atomic mass is 10.1. The van der Waals surface area contributed by atoms with E-state index in [1.165, 1.54) is 17.0 Å². The first-order valence-corrected chi connectivity index (χ1v) is 16.5. The molecule has 0 spiro atoms. The number of ether oxygens (including phenoxy) is 1. The molecule has 2 amide bonds. The van der Waals surface area contributed by atoms with Gasteiger partial charge in [0.2, 0.25) is 11.8 Å². The van der Waals surface area contributed by atoms with Crippen molar-refractivity contribution in [3.05, 3.63) is 87.9 Å². The maximum Gasteiger partial charge on any atom is 0.264 e. The minimum absolute atomic E-state index is 0.0287. The average Bonchev–Trinajstić information content (AvgIpc) is 2.97. The zero-order valence-electron chi connectivity index (χ0n) is 24.1. The summed E-state index contributed by atoms with van der Waals surface area (Å²) in [6, 6.07) is 18.9. The molecule has 1 atom stereocenters. The van der Waals surface area contributed by atoms with Crippen molar-refractivity contribution in [2.24, 2.45) is 0 Å². The molecule has 226 valence electrons. The molecule has 0 unspecified atom stereocenters.